The van der Waals surface area contributed by atoms with Crippen molar-refractivity contribution in [1.29, 1.82) is 0 Å². The minimum absolute atomic E-state index is 0. The zero-order valence-electron chi connectivity index (χ0n) is 6.32. The largest absolute Gasteiger partial charge is 0.308 e. The summed E-state index contributed by atoms with van der Waals surface area (Å²) in [7, 11) is 0. The molecule has 0 aromatic carbocycles. The van der Waals surface area contributed by atoms with Gasteiger partial charge in [0.15, 0.2) is 0 Å². The van der Waals surface area contributed by atoms with Crippen LogP contribution in [0, 0.1) is 5.92 Å². The van der Waals surface area contributed by atoms with Crippen LogP contribution < -0.4 is 5.32 Å². The van der Waals surface area contributed by atoms with E-state index >= 15 is 0 Å². The zero-order chi connectivity index (χ0) is 7.78. The summed E-state index contributed by atoms with van der Waals surface area (Å²) in [5, 5.41) is 2.80. The van der Waals surface area contributed by atoms with Crippen LogP contribution >= 0.6 is 0 Å². The second-order valence-electron chi connectivity index (χ2n) is 3.29. The van der Waals surface area contributed by atoms with E-state index in [0.717, 1.165) is 0 Å². The lowest BCUT2D eigenvalue weighted by atomic mass is 10.0. The van der Waals surface area contributed by atoms with Gasteiger partial charge in [-0.3, -0.25) is 0 Å². The molecule has 0 bridgehead atoms. The highest BCUT2D eigenvalue weighted by molar-refractivity contribution is 4.88. The molecule has 1 heterocycles. The van der Waals surface area contributed by atoms with E-state index in [1.54, 1.807) is 0 Å². The minimum Gasteiger partial charge on any atom is -0.308 e. The van der Waals surface area contributed by atoms with Crippen molar-refractivity contribution in [2.75, 3.05) is 6.54 Å². The van der Waals surface area contributed by atoms with E-state index in [0.29, 0.717) is 5.92 Å². The Hall–Kier alpha value is -0.180. The summed E-state index contributed by atoms with van der Waals surface area (Å²) in [6.07, 6.45) is 0.00463. The highest BCUT2D eigenvalue weighted by Gasteiger charge is 2.39. The fourth-order valence-electron chi connectivity index (χ4n) is 1.22. The van der Waals surface area contributed by atoms with E-state index in [1.165, 1.54) is 0 Å². The van der Waals surface area contributed by atoms with Crippen molar-refractivity contribution in [1.82, 2.24) is 5.32 Å². The molecule has 10 heavy (non-hydrogen) atoms. The Balaban J connectivity index is 0.000001000. The van der Waals surface area contributed by atoms with Crippen LogP contribution in [0.4, 0.5) is 8.78 Å². The number of halogens is 2. The maximum atomic E-state index is 12.5. The van der Waals surface area contributed by atoms with Crippen molar-refractivity contribution in [2.45, 2.75) is 32.2 Å². The standard InChI is InChI=1S/C7H13F2N.H2/c1-5(2)6-3-7(8,9)4-10-6;/h5-6,10H,3-4H2,1-2H3;1H. The summed E-state index contributed by atoms with van der Waals surface area (Å²) in [5.41, 5.74) is 0. The Morgan fingerprint density at radius 1 is 1.60 bits per heavy atom. The molecule has 1 aliphatic heterocycles. The lowest BCUT2D eigenvalue weighted by molar-refractivity contribution is 0.0197. The third kappa shape index (κ3) is 1.66. The van der Waals surface area contributed by atoms with Crippen LogP contribution in [0.15, 0.2) is 0 Å². The van der Waals surface area contributed by atoms with Gasteiger partial charge >= 0.3 is 0 Å². The third-order valence-electron chi connectivity index (χ3n) is 1.95. The molecule has 1 fully saturated rings. The van der Waals surface area contributed by atoms with Gasteiger partial charge in [-0.15, -0.1) is 0 Å². The SMILES string of the molecule is CC(C)C1CC(F)(F)CN1.[HH]. The van der Waals surface area contributed by atoms with Crippen molar-refractivity contribution in [3.8, 4) is 0 Å². The zero-order valence-corrected chi connectivity index (χ0v) is 6.32. The van der Waals surface area contributed by atoms with Crippen LogP contribution in [0.25, 0.3) is 0 Å². The molecular weight excluding hydrogens is 136 g/mol. The summed E-state index contributed by atoms with van der Waals surface area (Å²) in [4.78, 5) is 0. The highest BCUT2D eigenvalue weighted by Crippen LogP contribution is 2.28. The average Bonchev–Trinajstić information content (AvgIpc) is 2.10. The Labute approximate surface area is 61.3 Å². The molecule has 1 nitrogen and oxygen atoms in total. The Morgan fingerprint density at radius 3 is 2.40 bits per heavy atom. The second kappa shape index (κ2) is 2.46. The molecule has 0 amide bonds. The molecule has 1 saturated heterocycles. The van der Waals surface area contributed by atoms with Gasteiger partial charge in [-0.2, -0.15) is 0 Å². The molecule has 0 radical (unpaired) electrons. The fourth-order valence-corrected chi connectivity index (χ4v) is 1.22. The molecule has 62 valence electrons. The molecule has 0 aromatic rings. The van der Waals surface area contributed by atoms with Crippen molar-refractivity contribution >= 4 is 0 Å². The van der Waals surface area contributed by atoms with Gasteiger partial charge in [-0.25, -0.2) is 8.78 Å². The third-order valence-corrected chi connectivity index (χ3v) is 1.95. The maximum absolute atomic E-state index is 12.5. The van der Waals surface area contributed by atoms with Crippen LogP contribution in [0.5, 0.6) is 0 Å². The molecule has 0 aromatic heterocycles. The van der Waals surface area contributed by atoms with Crippen molar-refractivity contribution in [3.05, 3.63) is 0 Å². The number of alkyl halides is 2. The Kier molecular flexibility index (Phi) is 1.95. The molecule has 1 atom stereocenters. The topological polar surface area (TPSA) is 12.0 Å². The summed E-state index contributed by atoms with van der Waals surface area (Å²) < 4.78 is 25.0. The summed E-state index contributed by atoms with van der Waals surface area (Å²) >= 11 is 0. The van der Waals surface area contributed by atoms with E-state index < -0.39 is 5.92 Å². The average molecular weight is 151 g/mol. The van der Waals surface area contributed by atoms with Crippen molar-refractivity contribution < 1.29 is 10.2 Å². The van der Waals surface area contributed by atoms with Gasteiger partial charge in [0.2, 0.25) is 0 Å². The number of hydrogen-bond acceptors (Lipinski definition) is 1. The monoisotopic (exact) mass is 151 g/mol. The van der Waals surface area contributed by atoms with E-state index in [4.69, 9.17) is 0 Å². The number of nitrogens with one attached hydrogen (secondary N) is 1. The first kappa shape index (κ1) is 7.92. The summed E-state index contributed by atoms with van der Waals surface area (Å²) in [5.74, 6) is -2.15. The lowest BCUT2D eigenvalue weighted by Crippen LogP contribution is -2.26. The second-order valence-corrected chi connectivity index (χ2v) is 3.29. The molecule has 1 N–H and O–H groups in total. The lowest BCUT2D eigenvalue weighted by Gasteiger charge is -2.13. The van der Waals surface area contributed by atoms with Crippen LogP contribution in [0.3, 0.4) is 0 Å². The maximum Gasteiger partial charge on any atom is 0.261 e. The van der Waals surface area contributed by atoms with Gasteiger partial charge in [-0.05, 0) is 5.92 Å². The van der Waals surface area contributed by atoms with Crippen LogP contribution in [-0.2, 0) is 0 Å². The quantitative estimate of drug-likeness (QED) is 0.603. The number of hydrogen-bond donors (Lipinski definition) is 1. The van der Waals surface area contributed by atoms with Crippen molar-refractivity contribution in [3.63, 3.8) is 0 Å². The van der Waals surface area contributed by atoms with Crippen LogP contribution in [0.2, 0.25) is 0 Å². The van der Waals surface area contributed by atoms with E-state index in [-0.39, 0.29) is 20.4 Å². The predicted molar refractivity (Wildman–Crippen MR) is 38.3 cm³/mol. The van der Waals surface area contributed by atoms with E-state index in [1.807, 2.05) is 13.8 Å². The van der Waals surface area contributed by atoms with Crippen LogP contribution in [-0.4, -0.2) is 18.5 Å². The summed E-state index contributed by atoms with van der Waals surface area (Å²) in [6.45, 7) is 3.77. The summed E-state index contributed by atoms with van der Waals surface area (Å²) in [6, 6.07) is 0.00926. The van der Waals surface area contributed by atoms with Gasteiger partial charge in [0.1, 0.15) is 0 Å². The first-order valence-corrected chi connectivity index (χ1v) is 3.62. The number of rotatable bonds is 1. The fraction of sp³-hybridized carbons (Fsp3) is 1.00. The smallest absolute Gasteiger partial charge is 0.261 e. The molecule has 0 spiro atoms. The first-order chi connectivity index (χ1) is 4.51. The van der Waals surface area contributed by atoms with Gasteiger partial charge in [0.05, 0.1) is 6.54 Å². The van der Waals surface area contributed by atoms with Gasteiger partial charge in [0.25, 0.3) is 5.92 Å². The molecule has 1 unspecified atom stereocenters. The first-order valence-electron chi connectivity index (χ1n) is 3.62. The molecule has 0 saturated carbocycles. The normalized spacial score (nSPS) is 31.5. The molecular formula is C7H15F2N. The molecule has 0 aliphatic carbocycles. The van der Waals surface area contributed by atoms with Gasteiger partial charge in [0, 0.05) is 13.9 Å². The molecule has 1 aliphatic rings. The van der Waals surface area contributed by atoms with E-state index in [2.05, 4.69) is 5.32 Å². The Morgan fingerprint density at radius 2 is 2.20 bits per heavy atom. The molecule has 3 heteroatoms. The predicted octanol–water partition coefficient (Wildman–Crippen LogP) is 1.89. The van der Waals surface area contributed by atoms with E-state index in [9.17, 15) is 8.78 Å². The van der Waals surface area contributed by atoms with Gasteiger partial charge in [-0.1, -0.05) is 13.8 Å². The van der Waals surface area contributed by atoms with Crippen molar-refractivity contribution in [2.24, 2.45) is 5.92 Å². The molecule has 1 rings (SSSR count). The van der Waals surface area contributed by atoms with Gasteiger partial charge < -0.3 is 5.32 Å². The minimum atomic E-state index is -2.46. The highest BCUT2D eigenvalue weighted by atomic mass is 19.3. The Bertz CT molecular complexity index is 128. The van der Waals surface area contributed by atoms with Crippen LogP contribution in [0.1, 0.15) is 21.7 Å².